The van der Waals surface area contributed by atoms with Crippen molar-refractivity contribution in [2.75, 3.05) is 18.0 Å². The molecule has 0 spiro atoms. The second kappa shape index (κ2) is 6.35. The van der Waals surface area contributed by atoms with Crippen LogP contribution in [0.5, 0.6) is 0 Å². The van der Waals surface area contributed by atoms with Crippen LogP contribution in [-0.4, -0.2) is 33.2 Å². The molecule has 1 unspecified atom stereocenters. The third-order valence-electron chi connectivity index (χ3n) is 4.13. The summed E-state index contributed by atoms with van der Waals surface area (Å²) in [5.74, 6) is 1.51. The molecule has 0 N–H and O–H groups in total. The van der Waals surface area contributed by atoms with E-state index >= 15 is 0 Å². The van der Waals surface area contributed by atoms with Crippen LogP contribution in [0.4, 0.5) is 10.3 Å². The van der Waals surface area contributed by atoms with Gasteiger partial charge in [0.25, 0.3) is 0 Å². The molecule has 3 heterocycles. The highest BCUT2D eigenvalue weighted by molar-refractivity contribution is 5.54. The van der Waals surface area contributed by atoms with Crippen molar-refractivity contribution in [2.24, 2.45) is 0 Å². The standard InChI is InChI=1S/C17H16FN5O/c18-14-6-1-4-12(10-14)15-21-16(24-22-15)13-5-2-9-23(11-13)17-19-7-3-8-20-17/h1,3-4,6-8,10,13H,2,5,9,11H2. The highest BCUT2D eigenvalue weighted by atomic mass is 19.1. The molecule has 1 atom stereocenters. The minimum atomic E-state index is -0.316. The number of rotatable bonds is 3. The second-order valence-electron chi connectivity index (χ2n) is 5.80. The lowest BCUT2D eigenvalue weighted by molar-refractivity contribution is 0.332. The molecule has 1 aliphatic heterocycles. The Hall–Kier alpha value is -2.83. The molecule has 0 amide bonds. The van der Waals surface area contributed by atoms with Crippen molar-refractivity contribution in [1.82, 2.24) is 20.1 Å². The molecule has 1 fully saturated rings. The Kier molecular flexibility index (Phi) is 3.90. The van der Waals surface area contributed by atoms with Gasteiger partial charge < -0.3 is 9.42 Å². The average Bonchev–Trinajstić information content (AvgIpc) is 3.13. The predicted molar refractivity (Wildman–Crippen MR) is 85.9 cm³/mol. The van der Waals surface area contributed by atoms with Crippen LogP contribution >= 0.6 is 0 Å². The zero-order chi connectivity index (χ0) is 16.4. The fourth-order valence-corrected chi connectivity index (χ4v) is 2.96. The average molecular weight is 325 g/mol. The Balaban J connectivity index is 1.54. The van der Waals surface area contributed by atoms with Gasteiger partial charge in [-0.15, -0.1) is 0 Å². The van der Waals surface area contributed by atoms with Crippen molar-refractivity contribution in [3.05, 3.63) is 54.4 Å². The minimum Gasteiger partial charge on any atom is -0.340 e. The Labute approximate surface area is 138 Å². The van der Waals surface area contributed by atoms with Crippen LogP contribution in [0, 0.1) is 5.82 Å². The van der Waals surface area contributed by atoms with E-state index < -0.39 is 0 Å². The van der Waals surface area contributed by atoms with Gasteiger partial charge in [0.05, 0.1) is 5.92 Å². The highest BCUT2D eigenvalue weighted by Crippen LogP contribution is 2.29. The number of nitrogens with zero attached hydrogens (tertiary/aromatic N) is 5. The van der Waals surface area contributed by atoms with E-state index in [2.05, 4.69) is 25.0 Å². The van der Waals surface area contributed by atoms with E-state index in [1.165, 1.54) is 12.1 Å². The van der Waals surface area contributed by atoms with Gasteiger partial charge in [-0.05, 0) is 31.0 Å². The summed E-state index contributed by atoms with van der Waals surface area (Å²) < 4.78 is 18.8. The number of benzene rings is 1. The molecule has 24 heavy (non-hydrogen) atoms. The summed E-state index contributed by atoms with van der Waals surface area (Å²) in [5.41, 5.74) is 0.615. The summed E-state index contributed by atoms with van der Waals surface area (Å²) in [4.78, 5) is 15.2. The molecule has 122 valence electrons. The predicted octanol–water partition coefficient (Wildman–Crippen LogP) is 3.05. The minimum absolute atomic E-state index is 0.123. The molecule has 4 rings (SSSR count). The van der Waals surface area contributed by atoms with Crippen molar-refractivity contribution < 1.29 is 8.91 Å². The van der Waals surface area contributed by atoms with E-state index in [9.17, 15) is 4.39 Å². The van der Waals surface area contributed by atoms with E-state index in [0.29, 0.717) is 23.2 Å². The number of piperidine rings is 1. The van der Waals surface area contributed by atoms with E-state index in [0.717, 1.165) is 25.9 Å². The maximum absolute atomic E-state index is 13.3. The molecule has 1 aromatic carbocycles. The van der Waals surface area contributed by atoms with Gasteiger partial charge in [-0.1, -0.05) is 17.3 Å². The van der Waals surface area contributed by atoms with Gasteiger partial charge in [0.1, 0.15) is 5.82 Å². The maximum atomic E-state index is 13.3. The molecular formula is C17H16FN5O. The Morgan fingerprint density at radius 3 is 2.88 bits per heavy atom. The van der Waals surface area contributed by atoms with Crippen molar-refractivity contribution >= 4 is 5.95 Å². The zero-order valence-corrected chi connectivity index (χ0v) is 13.0. The van der Waals surface area contributed by atoms with Crippen molar-refractivity contribution in [3.63, 3.8) is 0 Å². The molecule has 0 saturated carbocycles. The number of hydrogen-bond acceptors (Lipinski definition) is 6. The summed E-state index contributed by atoms with van der Waals surface area (Å²) >= 11 is 0. The molecule has 1 aliphatic rings. The van der Waals surface area contributed by atoms with Crippen LogP contribution in [0.15, 0.2) is 47.2 Å². The summed E-state index contributed by atoms with van der Waals surface area (Å²) in [6.07, 6.45) is 5.44. The van der Waals surface area contributed by atoms with Crippen molar-refractivity contribution in [2.45, 2.75) is 18.8 Å². The molecule has 1 saturated heterocycles. The molecule has 0 bridgehead atoms. The van der Waals surface area contributed by atoms with Crippen LogP contribution in [0.2, 0.25) is 0 Å². The van der Waals surface area contributed by atoms with E-state index in [4.69, 9.17) is 4.52 Å². The monoisotopic (exact) mass is 325 g/mol. The first-order chi connectivity index (χ1) is 11.8. The van der Waals surface area contributed by atoms with Gasteiger partial charge in [0, 0.05) is 31.0 Å². The highest BCUT2D eigenvalue weighted by Gasteiger charge is 2.27. The maximum Gasteiger partial charge on any atom is 0.231 e. The SMILES string of the molecule is Fc1cccc(-c2noc(C3CCCN(c4ncccn4)C3)n2)c1. The van der Waals surface area contributed by atoms with E-state index in [1.807, 2.05) is 0 Å². The fraction of sp³-hybridized carbons (Fsp3) is 0.294. The Morgan fingerprint density at radius 2 is 2.04 bits per heavy atom. The normalized spacial score (nSPS) is 17.9. The molecule has 2 aromatic heterocycles. The van der Waals surface area contributed by atoms with Crippen molar-refractivity contribution in [3.8, 4) is 11.4 Å². The molecule has 7 heteroatoms. The van der Waals surface area contributed by atoms with E-state index in [-0.39, 0.29) is 11.7 Å². The second-order valence-corrected chi connectivity index (χ2v) is 5.80. The summed E-state index contributed by atoms with van der Waals surface area (Å²) in [7, 11) is 0. The molecule has 3 aromatic rings. The molecule has 0 aliphatic carbocycles. The first-order valence-electron chi connectivity index (χ1n) is 7.91. The van der Waals surface area contributed by atoms with Crippen LogP contribution in [0.1, 0.15) is 24.7 Å². The Bertz CT molecular complexity index is 823. The van der Waals surface area contributed by atoms with Gasteiger partial charge in [-0.2, -0.15) is 4.98 Å². The summed E-state index contributed by atoms with van der Waals surface area (Å²) in [6.45, 7) is 1.64. The third-order valence-corrected chi connectivity index (χ3v) is 4.13. The Morgan fingerprint density at radius 1 is 1.17 bits per heavy atom. The molecule has 0 radical (unpaired) electrons. The van der Waals surface area contributed by atoms with Gasteiger partial charge in [0.2, 0.25) is 17.7 Å². The third kappa shape index (κ3) is 2.97. The number of halogens is 1. The smallest absolute Gasteiger partial charge is 0.231 e. The number of hydrogen-bond donors (Lipinski definition) is 0. The first-order valence-corrected chi connectivity index (χ1v) is 7.91. The van der Waals surface area contributed by atoms with Crippen LogP contribution < -0.4 is 4.90 Å². The van der Waals surface area contributed by atoms with Gasteiger partial charge in [-0.3, -0.25) is 0 Å². The number of anilines is 1. The summed E-state index contributed by atoms with van der Waals surface area (Å²) in [5, 5.41) is 4.00. The molecular weight excluding hydrogens is 309 g/mol. The van der Waals surface area contributed by atoms with Gasteiger partial charge >= 0.3 is 0 Å². The van der Waals surface area contributed by atoms with Gasteiger partial charge in [0.15, 0.2) is 0 Å². The zero-order valence-electron chi connectivity index (χ0n) is 13.0. The van der Waals surface area contributed by atoms with Crippen molar-refractivity contribution in [1.29, 1.82) is 0 Å². The number of aromatic nitrogens is 4. The lowest BCUT2D eigenvalue weighted by atomic mass is 9.98. The van der Waals surface area contributed by atoms with Crippen LogP contribution in [0.25, 0.3) is 11.4 Å². The molecule has 6 nitrogen and oxygen atoms in total. The first kappa shape index (κ1) is 14.7. The largest absolute Gasteiger partial charge is 0.340 e. The van der Waals surface area contributed by atoms with Gasteiger partial charge in [-0.25, -0.2) is 14.4 Å². The fourth-order valence-electron chi connectivity index (χ4n) is 2.96. The lowest BCUT2D eigenvalue weighted by Gasteiger charge is -2.30. The summed E-state index contributed by atoms with van der Waals surface area (Å²) in [6, 6.07) is 8.00. The quantitative estimate of drug-likeness (QED) is 0.737. The van der Waals surface area contributed by atoms with E-state index in [1.54, 1.807) is 30.6 Å². The topological polar surface area (TPSA) is 67.9 Å². The lowest BCUT2D eigenvalue weighted by Crippen LogP contribution is -2.35. The van der Waals surface area contributed by atoms with Crippen LogP contribution in [0.3, 0.4) is 0 Å². The van der Waals surface area contributed by atoms with Crippen LogP contribution in [-0.2, 0) is 0 Å².